The van der Waals surface area contributed by atoms with Crippen LogP contribution in [0.25, 0.3) is 0 Å². The molecule has 1 saturated heterocycles. The fraction of sp³-hybridized carbons (Fsp3) is 0.600. The maximum Gasteiger partial charge on any atom is 0.115 e. The van der Waals surface area contributed by atoms with Crippen molar-refractivity contribution < 1.29 is 5.11 Å². The van der Waals surface area contributed by atoms with Crippen LogP contribution in [0.3, 0.4) is 0 Å². The molecule has 3 rings (SSSR count). The van der Waals surface area contributed by atoms with Crippen LogP contribution in [0, 0.1) is 0 Å². The van der Waals surface area contributed by atoms with Gasteiger partial charge in [0.15, 0.2) is 0 Å². The van der Waals surface area contributed by atoms with Crippen molar-refractivity contribution in [3.05, 3.63) is 29.8 Å². The van der Waals surface area contributed by atoms with Gasteiger partial charge in [0.1, 0.15) is 5.75 Å². The highest BCUT2D eigenvalue weighted by Crippen LogP contribution is 2.29. The van der Waals surface area contributed by atoms with Crippen molar-refractivity contribution in [2.45, 2.75) is 44.3 Å². The third kappa shape index (κ3) is 3.03. The molecule has 1 aliphatic heterocycles. The first-order valence-electron chi connectivity index (χ1n) is 7.06. The van der Waals surface area contributed by atoms with Gasteiger partial charge in [0.2, 0.25) is 0 Å². The molecule has 18 heavy (non-hydrogen) atoms. The number of hydrogen-bond donors (Lipinski definition) is 2. The quantitative estimate of drug-likeness (QED) is 0.835. The first-order chi connectivity index (χ1) is 8.81. The molecule has 2 aliphatic rings. The standard InChI is InChI=1S/C15H22N2O/c18-15-5-1-3-12(9-15)10-17(14-6-7-14)11-13-4-2-8-16-13/h1,3,5,9,13-14,16,18H,2,4,6-8,10-11H2. The van der Waals surface area contributed by atoms with Gasteiger partial charge in [0.05, 0.1) is 0 Å². The zero-order valence-electron chi connectivity index (χ0n) is 10.8. The second-order valence-corrected chi connectivity index (χ2v) is 5.62. The molecule has 2 fully saturated rings. The Morgan fingerprint density at radius 1 is 1.28 bits per heavy atom. The van der Waals surface area contributed by atoms with Gasteiger partial charge in [0, 0.05) is 25.2 Å². The van der Waals surface area contributed by atoms with E-state index in [1.165, 1.54) is 37.8 Å². The van der Waals surface area contributed by atoms with Gasteiger partial charge in [0.25, 0.3) is 0 Å². The van der Waals surface area contributed by atoms with E-state index in [1.807, 2.05) is 12.1 Å². The average molecular weight is 246 g/mol. The summed E-state index contributed by atoms with van der Waals surface area (Å²) in [6.07, 6.45) is 5.30. The summed E-state index contributed by atoms with van der Waals surface area (Å²) in [4.78, 5) is 2.58. The van der Waals surface area contributed by atoms with Gasteiger partial charge in [-0.3, -0.25) is 4.90 Å². The lowest BCUT2D eigenvalue weighted by Crippen LogP contribution is -2.38. The van der Waals surface area contributed by atoms with Crippen LogP contribution in [0.1, 0.15) is 31.2 Å². The molecular formula is C15H22N2O. The normalized spacial score (nSPS) is 23.7. The van der Waals surface area contributed by atoms with Crippen molar-refractivity contribution in [1.29, 1.82) is 0 Å². The number of phenolic OH excluding ortho intramolecular Hbond substituents is 1. The molecule has 1 unspecified atom stereocenters. The van der Waals surface area contributed by atoms with Crippen molar-refractivity contribution in [1.82, 2.24) is 10.2 Å². The minimum atomic E-state index is 0.377. The minimum absolute atomic E-state index is 0.377. The predicted molar refractivity (Wildman–Crippen MR) is 72.6 cm³/mol. The molecule has 2 N–H and O–H groups in total. The zero-order chi connectivity index (χ0) is 12.4. The number of nitrogens with one attached hydrogen (secondary N) is 1. The highest BCUT2D eigenvalue weighted by Gasteiger charge is 2.31. The number of benzene rings is 1. The van der Waals surface area contributed by atoms with Crippen molar-refractivity contribution in [2.75, 3.05) is 13.1 Å². The Hall–Kier alpha value is -1.06. The van der Waals surface area contributed by atoms with Crippen LogP contribution in [0.2, 0.25) is 0 Å². The first kappa shape index (κ1) is 12.0. The molecule has 1 aromatic rings. The lowest BCUT2D eigenvalue weighted by Gasteiger charge is -2.25. The second-order valence-electron chi connectivity index (χ2n) is 5.62. The highest BCUT2D eigenvalue weighted by atomic mass is 16.3. The van der Waals surface area contributed by atoms with Crippen molar-refractivity contribution >= 4 is 0 Å². The van der Waals surface area contributed by atoms with Crippen molar-refractivity contribution in [3.63, 3.8) is 0 Å². The molecule has 1 heterocycles. The van der Waals surface area contributed by atoms with E-state index in [0.29, 0.717) is 11.8 Å². The van der Waals surface area contributed by atoms with Crippen LogP contribution in [-0.4, -0.2) is 35.2 Å². The highest BCUT2D eigenvalue weighted by molar-refractivity contribution is 5.27. The predicted octanol–water partition coefficient (Wildman–Crippen LogP) is 2.11. The van der Waals surface area contributed by atoms with Gasteiger partial charge in [-0.05, 0) is 49.9 Å². The molecule has 98 valence electrons. The largest absolute Gasteiger partial charge is 0.508 e. The van der Waals surface area contributed by atoms with Crippen LogP contribution < -0.4 is 5.32 Å². The summed E-state index contributed by atoms with van der Waals surface area (Å²) in [6.45, 7) is 3.30. The molecule has 0 bridgehead atoms. The van der Waals surface area contributed by atoms with E-state index < -0.39 is 0 Å². The summed E-state index contributed by atoms with van der Waals surface area (Å²) in [5.41, 5.74) is 1.22. The van der Waals surface area contributed by atoms with Crippen LogP contribution in [0.4, 0.5) is 0 Å². The van der Waals surface area contributed by atoms with E-state index in [4.69, 9.17) is 0 Å². The van der Waals surface area contributed by atoms with Crippen LogP contribution in [-0.2, 0) is 6.54 Å². The topological polar surface area (TPSA) is 35.5 Å². The number of nitrogens with zero attached hydrogens (tertiary/aromatic N) is 1. The molecule has 1 atom stereocenters. The molecule has 0 amide bonds. The Morgan fingerprint density at radius 3 is 2.83 bits per heavy atom. The van der Waals surface area contributed by atoms with Crippen LogP contribution in [0.15, 0.2) is 24.3 Å². The molecule has 3 heteroatoms. The maximum absolute atomic E-state index is 9.53. The summed E-state index contributed by atoms with van der Waals surface area (Å²) in [5, 5.41) is 13.1. The molecule has 1 aliphatic carbocycles. The van der Waals surface area contributed by atoms with Gasteiger partial charge >= 0.3 is 0 Å². The fourth-order valence-electron chi connectivity index (χ4n) is 2.87. The smallest absolute Gasteiger partial charge is 0.115 e. The molecule has 0 spiro atoms. The summed E-state index contributed by atoms with van der Waals surface area (Å²) in [5.74, 6) is 0.377. The van der Waals surface area contributed by atoms with Crippen LogP contribution >= 0.6 is 0 Å². The van der Waals surface area contributed by atoms with Gasteiger partial charge in [-0.25, -0.2) is 0 Å². The zero-order valence-corrected chi connectivity index (χ0v) is 10.8. The van der Waals surface area contributed by atoms with Gasteiger partial charge in [-0.2, -0.15) is 0 Å². The average Bonchev–Trinajstić information content (AvgIpc) is 3.08. The molecule has 1 aromatic carbocycles. The third-order valence-electron chi connectivity index (χ3n) is 3.98. The third-order valence-corrected chi connectivity index (χ3v) is 3.98. The fourth-order valence-corrected chi connectivity index (χ4v) is 2.87. The van der Waals surface area contributed by atoms with Gasteiger partial charge in [-0.1, -0.05) is 12.1 Å². The first-order valence-corrected chi connectivity index (χ1v) is 7.06. The summed E-state index contributed by atoms with van der Waals surface area (Å²) >= 11 is 0. The van der Waals surface area contributed by atoms with E-state index in [2.05, 4.69) is 16.3 Å². The SMILES string of the molecule is Oc1cccc(CN(CC2CCCN2)C2CC2)c1. The molecule has 1 saturated carbocycles. The Balaban J connectivity index is 1.62. The summed E-state index contributed by atoms with van der Waals surface area (Å²) in [7, 11) is 0. The van der Waals surface area contributed by atoms with Gasteiger partial charge in [-0.15, -0.1) is 0 Å². The molecular weight excluding hydrogens is 224 g/mol. The van der Waals surface area contributed by atoms with E-state index in [0.717, 1.165) is 19.1 Å². The molecule has 0 radical (unpaired) electrons. The second kappa shape index (κ2) is 5.29. The Morgan fingerprint density at radius 2 is 2.17 bits per heavy atom. The number of rotatable bonds is 5. The van der Waals surface area contributed by atoms with E-state index in [-0.39, 0.29) is 0 Å². The Kier molecular flexibility index (Phi) is 3.52. The molecule has 0 aromatic heterocycles. The number of phenols is 1. The summed E-state index contributed by atoms with van der Waals surface area (Å²) in [6, 6.07) is 9.11. The van der Waals surface area contributed by atoms with Gasteiger partial charge < -0.3 is 10.4 Å². The van der Waals surface area contributed by atoms with Crippen molar-refractivity contribution in [3.8, 4) is 5.75 Å². The molecule has 3 nitrogen and oxygen atoms in total. The van der Waals surface area contributed by atoms with E-state index in [1.54, 1.807) is 6.07 Å². The Bertz CT molecular complexity index is 397. The minimum Gasteiger partial charge on any atom is -0.508 e. The van der Waals surface area contributed by atoms with E-state index in [9.17, 15) is 5.11 Å². The lowest BCUT2D eigenvalue weighted by atomic mass is 10.1. The lowest BCUT2D eigenvalue weighted by molar-refractivity contribution is 0.231. The van der Waals surface area contributed by atoms with E-state index >= 15 is 0 Å². The number of aromatic hydroxyl groups is 1. The maximum atomic E-state index is 9.53. The van der Waals surface area contributed by atoms with Crippen molar-refractivity contribution in [2.24, 2.45) is 0 Å². The summed E-state index contributed by atoms with van der Waals surface area (Å²) < 4.78 is 0. The van der Waals surface area contributed by atoms with Crippen LogP contribution in [0.5, 0.6) is 5.75 Å². The monoisotopic (exact) mass is 246 g/mol. The Labute approximate surface area is 109 Å². The number of hydrogen-bond acceptors (Lipinski definition) is 3.